The number of nitrogens with zero attached hydrogens (tertiary/aromatic N) is 3. The van der Waals surface area contributed by atoms with Crippen LogP contribution in [0.5, 0.6) is 0 Å². The van der Waals surface area contributed by atoms with E-state index < -0.39 is 0 Å². The van der Waals surface area contributed by atoms with Gasteiger partial charge in [-0.1, -0.05) is 48.3 Å². The molecule has 3 aliphatic rings. The highest BCUT2D eigenvalue weighted by Crippen LogP contribution is 2.34. The molecule has 0 bridgehead atoms. The number of likely N-dealkylation sites (tertiary alicyclic amines) is 2. The van der Waals surface area contributed by atoms with Gasteiger partial charge in [0.15, 0.2) is 0 Å². The number of carbonyl (C=O) groups is 3. The van der Waals surface area contributed by atoms with Gasteiger partial charge in [0.2, 0.25) is 11.8 Å². The smallest absolute Gasteiger partial charge is 0.259 e. The van der Waals surface area contributed by atoms with Crippen LogP contribution < -0.4 is 5.32 Å². The number of fused-ring (bicyclic) bond motifs is 1. The van der Waals surface area contributed by atoms with Gasteiger partial charge >= 0.3 is 0 Å². The van der Waals surface area contributed by atoms with Crippen LogP contribution in [0.1, 0.15) is 67.8 Å². The number of amides is 3. The minimum atomic E-state index is -0.366. The van der Waals surface area contributed by atoms with E-state index in [4.69, 9.17) is 32.4 Å². The first-order valence-corrected chi connectivity index (χ1v) is 17.9. The summed E-state index contributed by atoms with van der Waals surface area (Å²) in [4.78, 5) is 45.8. The molecule has 48 heavy (non-hydrogen) atoms. The Morgan fingerprint density at radius 2 is 1.73 bits per heavy atom. The van der Waals surface area contributed by atoms with Crippen LogP contribution in [0.15, 0.2) is 47.1 Å². The van der Waals surface area contributed by atoms with Gasteiger partial charge in [-0.25, -0.2) is 0 Å². The van der Waals surface area contributed by atoms with E-state index in [1.807, 2.05) is 37.2 Å². The molecular formula is C37H46Cl2N4O5. The number of hydrogen-bond donors (Lipinski definition) is 1. The Kier molecular flexibility index (Phi) is 11.0. The molecule has 6 rings (SSSR count). The van der Waals surface area contributed by atoms with Crippen molar-refractivity contribution < 1.29 is 23.5 Å². The van der Waals surface area contributed by atoms with Gasteiger partial charge in [-0.2, -0.15) is 0 Å². The van der Waals surface area contributed by atoms with Gasteiger partial charge in [-0.15, -0.1) is 0 Å². The van der Waals surface area contributed by atoms with E-state index in [0.29, 0.717) is 51.0 Å². The number of para-hydroxylation sites is 1. The molecule has 0 spiro atoms. The van der Waals surface area contributed by atoms with Crippen molar-refractivity contribution in [2.45, 2.75) is 76.5 Å². The number of ether oxygens (including phenoxy) is 1. The zero-order valence-electron chi connectivity index (χ0n) is 28.1. The monoisotopic (exact) mass is 696 g/mol. The normalized spacial score (nSPS) is 23.8. The van der Waals surface area contributed by atoms with Crippen LogP contribution in [0, 0.1) is 11.8 Å². The van der Waals surface area contributed by atoms with E-state index in [1.165, 1.54) is 19.1 Å². The number of furan rings is 1. The number of carbonyl (C=O) groups excluding carboxylic acids is 3. The third kappa shape index (κ3) is 7.85. The number of nitrogens with one attached hydrogen (secondary N) is 1. The summed E-state index contributed by atoms with van der Waals surface area (Å²) in [6.07, 6.45) is 8.72. The van der Waals surface area contributed by atoms with E-state index in [9.17, 15) is 14.4 Å². The Bertz CT molecular complexity index is 1630. The molecule has 1 aromatic heterocycles. The Labute approximate surface area is 292 Å². The maximum atomic E-state index is 14.0. The van der Waals surface area contributed by atoms with Crippen molar-refractivity contribution in [1.82, 2.24) is 14.7 Å². The first-order chi connectivity index (χ1) is 23.1. The molecule has 1 aliphatic carbocycles. The quantitative estimate of drug-likeness (QED) is 0.262. The lowest BCUT2D eigenvalue weighted by Gasteiger charge is -2.36. The number of benzene rings is 2. The lowest BCUT2D eigenvalue weighted by Crippen LogP contribution is -2.46. The summed E-state index contributed by atoms with van der Waals surface area (Å²) in [6, 6.07) is 10.7. The molecule has 2 atom stereocenters. The van der Waals surface area contributed by atoms with Crippen LogP contribution in [-0.2, 0) is 20.7 Å². The Morgan fingerprint density at radius 3 is 2.46 bits per heavy atom. The van der Waals surface area contributed by atoms with E-state index in [2.05, 4.69) is 17.1 Å². The summed E-state index contributed by atoms with van der Waals surface area (Å²) in [6.45, 7) is 5.10. The van der Waals surface area contributed by atoms with E-state index in [-0.39, 0.29) is 48.2 Å². The SMILES string of the molecule is CN(C)C(=O)C1CCN([C@H]2C[C@@H](CO[C@H]3CC[C@H](C)CC3)N(C(=O)Cc3cc(Cl)c(NC(=O)c4coc5ccccc45)cc3Cl)C2)CC1. The van der Waals surface area contributed by atoms with Crippen molar-refractivity contribution in [1.29, 1.82) is 0 Å². The summed E-state index contributed by atoms with van der Waals surface area (Å²) in [7, 11) is 3.64. The van der Waals surface area contributed by atoms with Gasteiger partial charge in [0, 0.05) is 43.0 Å². The zero-order valence-corrected chi connectivity index (χ0v) is 29.6. The van der Waals surface area contributed by atoms with Crippen LogP contribution in [0.4, 0.5) is 5.69 Å². The fourth-order valence-corrected chi connectivity index (χ4v) is 8.03. The van der Waals surface area contributed by atoms with Gasteiger partial charge in [0.1, 0.15) is 11.8 Å². The van der Waals surface area contributed by atoms with E-state index >= 15 is 0 Å². The highest BCUT2D eigenvalue weighted by molar-refractivity contribution is 6.36. The molecule has 1 saturated carbocycles. The minimum Gasteiger partial charge on any atom is -0.463 e. The molecule has 0 radical (unpaired) electrons. The topological polar surface area (TPSA) is 95.3 Å². The fraction of sp³-hybridized carbons (Fsp3) is 0.541. The lowest BCUT2D eigenvalue weighted by atomic mass is 9.89. The summed E-state index contributed by atoms with van der Waals surface area (Å²) in [5, 5.41) is 4.19. The first kappa shape index (κ1) is 34.7. The average molecular weight is 698 g/mol. The van der Waals surface area contributed by atoms with Gasteiger partial charge < -0.3 is 24.3 Å². The van der Waals surface area contributed by atoms with E-state index in [1.54, 1.807) is 23.1 Å². The zero-order chi connectivity index (χ0) is 33.9. The number of rotatable bonds is 9. The highest BCUT2D eigenvalue weighted by atomic mass is 35.5. The summed E-state index contributed by atoms with van der Waals surface area (Å²) in [5.41, 5.74) is 1.97. The standard InChI is InChI=1S/C37H46Cl2N4O5/c1-23-8-10-28(11-9-23)47-21-27-18-26(42-14-12-24(13-15-42)37(46)41(2)3)20-43(27)35(44)17-25-16-32(39)33(19-31(25)38)40-36(45)30-22-48-34-7-5-4-6-29(30)34/h4-7,16,19,22-24,26-28H,8-15,17-18,20-21H2,1-3H3,(H,40,45)/t23-,26-,27-,28-/m0/s1. The van der Waals surface area contributed by atoms with Crippen molar-refractivity contribution in [2.24, 2.45) is 11.8 Å². The molecule has 11 heteroatoms. The van der Waals surface area contributed by atoms with Crippen LogP contribution in [-0.4, -0.2) is 90.9 Å². The Hall–Kier alpha value is -3.11. The summed E-state index contributed by atoms with van der Waals surface area (Å²) < 4.78 is 12.0. The highest BCUT2D eigenvalue weighted by Gasteiger charge is 2.40. The maximum Gasteiger partial charge on any atom is 0.259 e. The molecule has 1 N–H and O–H groups in total. The van der Waals surface area contributed by atoms with Gasteiger partial charge in [-0.3, -0.25) is 19.3 Å². The second-order valence-electron chi connectivity index (χ2n) is 14.0. The molecule has 3 fully saturated rings. The average Bonchev–Trinajstić information content (AvgIpc) is 3.71. The molecule has 2 aliphatic heterocycles. The lowest BCUT2D eigenvalue weighted by molar-refractivity contribution is -0.134. The number of halogens is 2. The van der Waals surface area contributed by atoms with Crippen molar-refractivity contribution in [2.75, 3.05) is 45.7 Å². The summed E-state index contributed by atoms with van der Waals surface area (Å²) in [5.74, 6) is 0.600. The molecule has 0 unspecified atom stereocenters. The second-order valence-corrected chi connectivity index (χ2v) is 14.9. The summed E-state index contributed by atoms with van der Waals surface area (Å²) >= 11 is 13.4. The second kappa shape index (κ2) is 15.2. The molecule has 2 saturated heterocycles. The number of piperidine rings is 1. The molecule has 9 nitrogen and oxygen atoms in total. The molecule has 2 aromatic carbocycles. The molecular weight excluding hydrogens is 651 g/mol. The third-order valence-corrected chi connectivity index (χ3v) is 11.2. The van der Waals surface area contributed by atoms with Gasteiger partial charge in [-0.05, 0) is 87.7 Å². The van der Waals surface area contributed by atoms with Crippen LogP contribution in [0.25, 0.3) is 11.0 Å². The Balaban J connectivity index is 1.12. The Morgan fingerprint density at radius 1 is 1.00 bits per heavy atom. The predicted octanol–water partition coefficient (Wildman–Crippen LogP) is 6.90. The van der Waals surface area contributed by atoms with E-state index in [0.717, 1.165) is 51.1 Å². The maximum absolute atomic E-state index is 14.0. The number of anilines is 1. The molecule has 3 aromatic rings. The molecule has 3 amide bonds. The third-order valence-electron chi connectivity index (χ3n) is 10.5. The first-order valence-electron chi connectivity index (χ1n) is 17.2. The predicted molar refractivity (Wildman–Crippen MR) is 189 cm³/mol. The number of hydrogen-bond acceptors (Lipinski definition) is 6. The van der Waals surface area contributed by atoms with Crippen LogP contribution >= 0.6 is 23.2 Å². The van der Waals surface area contributed by atoms with Crippen LogP contribution in [0.3, 0.4) is 0 Å². The van der Waals surface area contributed by atoms with Crippen molar-refractivity contribution in [3.8, 4) is 0 Å². The van der Waals surface area contributed by atoms with Crippen molar-refractivity contribution >= 4 is 57.6 Å². The van der Waals surface area contributed by atoms with Gasteiger partial charge in [0.25, 0.3) is 5.91 Å². The van der Waals surface area contributed by atoms with Crippen LogP contribution in [0.2, 0.25) is 10.0 Å². The molecule has 258 valence electrons. The molecule has 3 heterocycles. The minimum absolute atomic E-state index is 0.0272. The van der Waals surface area contributed by atoms with Gasteiger partial charge in [0.05, 0.1) is 41.4 Å². The van der Waals surface area contributed by atoms with Crippen molar-refractivity contribution in [3.05, 3.63) is 63.8 Å². The van der Waals surface area contributed by atoms with Crippen molar-refractivity contribution in [3.63, 3.8) is 0 Å². The largest absolute Gasteiger partial charge is 0.463 e. The fourth-order valence-electron chi connectivity index (χ4n) is 7.57.